The summed E-state index contributed by atoms with van der Waals surface area (Å²) in [5, 5.41) is 17.6. The molecule has 5 nitrogen and oxygen atoms in total. The van der Waals surface area contributed by atoms with E-state index >= 15 is 0 Å². The van der Waals surface area contributed by atoms with Gasteiger partial charge in [-0.1, -0.05) is 23.7 Å². The van der Waals surface area contributed by atoms with Gasteiger partial charge in [-0.15, -0.1) is 16.8 Å². The number of aliphatic hydroxyl groups is 1. The molecule has 2 aromatic rings. The zero-order valence-corrected chi connectivity index (χ0v) is 11.8. The van der Waals surface area contributed by atoms with E-state index in [1.165, 1.54) is 0 Å². The normalized spacial score (nSPS) is 10.9. The van der Waals surface area contributed by atoms with Gasteiger partial charge in [0.25, 0.3) is 0 Å². The SMILES string of the molecule is C=CCN(CCO)Cc1nnc(-c2cccc(Cl)c2)o1. The third-order valence-corrected chi connectivity index (χ3v) is 2.94. The largest absolute Gasteiger partial charge is 0.419 e. The number of aromatic nitrogens is 2. The molecule has 1 N–H and O–H groups in total. The molecule has 106 valence electrons. The van der Waals surface area contributed by atoms with Crippen molar-refractivity contribution in [2.24, 2.45) is 0 Å². The van der Waals surface area contributed by atoms with Crippen molar-refractivity contribution in [2.45, 2.75) is 6.54 Å². The first kappa shape index (κ1) is 14.7. The minimum absolute atomic E-state index is 0.0725. The third-order valence-electron chi connectivity index (χ3n) is 2.70. The maximum atomic E-state index is 9.00. The number of halogens is 1. The minimum Gasteiger partial charge on any atom is -0.419 e. The molecule has 0 saturated heterocycles. The van der Waals surface area contributed by atoms with Gasteiger partial charge in [0.15, 0.2) is 0 Å². The molecule has 1 aromatic heterocycles. The van der Waals surface area contributed by atoms with E-state index in [-0.39, 0.29) is 6.61 Å². The highest BCUT2D eigenvalue weighted by Crippen LogP contribution is 2.21. The Balaban J connectivity index is 2.10. The summed E-state index contributed by atoms with van der Waals surface area (Å²) in [6, 6.07) is 7.25. The van der Waals surface area contributed by atoms with Crippen molar-refractivity contribution in [3.8, 4) is 11.5 Å². The molecule has 0 saturated carbocycles. The van der Waals surface area contributed by atoms with Crippen LogP contribution in [0.4, 0.5) is 0 Å². The highest BCUT2D eigenvalue weighted by atomic mass is 35.5. The van der Waals surface area contributed by atoms with Gasteiger partial charge in [0.1, 0.15) is 0 Å². The van der Waals surface area contributed by atoms with Gasteiger partial charge >= 0.3 is 0 Å². The monoisotopic (exact) mass is 293 g/mol. The van der Waals surface area contributed by atoms with Crippen LogP contribution < -0.4 is 0 Å². The van der Waals surface area contributed by atoms with E-state index in [1.54, 1.807) is 18.2 Å². The van der Waals surface area contributed by atoms with Crippen LogP contribution >= 0.6 is 11.6 Å². The van der Waals surface area contributed by atoms with Crippen LogP contribution in [0.1, 0.15) is 5.89 Å². The first-order valence-corrected chi connectivity index (χ1v) is 6.63. The highest BCUT2D eigenvalue weighted by Gasteiger charge is 2.12. The summed E-state index contributed by atoms with van der Waals surface area (Å²) >= 11 is 5.93. The van der Waals surface area contributed by atoms with Crippen LogP contribution in [0.5, 0.6) is 0 Å². The standard InChI is InChI=1S/C14H16ClN3O2/c1-2-6-18(7-8-19)10-13-16-17-14(20-13)11-4-3-5-12(15)9-11/h2-5,9,19H,1,6-8,10H2. The fraction of sp³-hybridized carbons (Fsp3) is 0.286. The average molecular weight is 294 g/mol. The zero-order valence-electron chi connectivity index (χ0n) is 11.0. The van der Waals surface area contributed by atoms with Gasteiger partial charge in [-0.05, 0) is 18.2 Å². The maximum absolute atomic E-state index is 9.00. The predicted octanol–water partition coefficient (Wildman–Crippen LogP) is 2.37. The van der Waals surface area contributed by atoms with E-state index < -0.39 is 0 Å². The quantitative estimate of drug-likeness (QED) is 0.794. The Hall–Kier alpha value is -1.69. The van der Waals surface area contributed by atoms with Gasteiger partial charge in [-0.2, -0.15) is 0 Å². The van der Waals surface area contributed by atoms with Gasteiger partial charge < -0.3 is 9.52 Å². The predicted molar refractivity (Wildman–Crippen MR) is 77.3 cm³/mol. The maximum Gasteiger partial charge on any atom is 0.247 e. The Bertz CT molecular complexity index is 571. The summed E-state index contributed by atoms with van der Waals surface area (Å²) in [5.74, 6) is 0.931. The molecule has 0 fully saturated rings. The molecule has 0 aliphatic rings. The van der Waals surface area contributed by atoms with Gasteiger partial charge in [-0.3, -0.25) is 4.90 Å². The van der Waals surface area contributed by atoms with Crippen molar-refractivity contribution in [1.82, 2.24) is 15.1 Å². The summed E-state index contributed by atoms with van der Waals surface area (Å²) < 4.78 is 5.61. The van der Waals surface area contributed by atoms with E-state index in [0.717, 1.165) is 5.56 Å². The lowest BCUT2D eigenvalue weighted by Gasteiger charge is -2.16. The first-order valence-electron chi connectivity index (χ1n) is 6.25. The molecule has 1 aromatic carbocycles. The van der Waals surface area contributed by atoms with Gasteiger partial charge in [0.2, 0.25) is 11.8 Å². The van der Waals surface area contributed by atoms with E-state index in [1.807, 2.05) is 17.0 Å². The summed E-state index contributed by atoms with van der Waals surface area (Å²) in [6.45, 7) is 5.40. The van der Waals surface area contributed by atoms with Crippen molar-refractivity contribution in [1.29, 1.82) is 0 Å². The highest BCUT2D eigenvalue weighted by molar-refractivity contribution is 6.30. The van der Waals surface area contributed by atoms with Crippen LogP contribution in [0.15, 0.2) is 41.3 Å². The van der Waals surface area contributed by atoms with E-state index in [9.17, 15) is 0 Å². The van der Waals surface area contributed by atoms with Crippen molar-refractivity contribution < 1.29 is 9.52 Å². The van der Waals surface area contributed by atoms with Crippen molar-refractivity contribution >= 4 is 11.6 Å². The molecule has 0 aliphatic heterocycles. The second-order valence-electron chi connectivity index (χ2n) is 4.26. The number of nitrogens with zero attached hydrogens (tertiary/aromatic N) is 3. The van der Waals surface area contributed by atoms with Gasteiger partial charge in [-0.25, -0.2) is 0 Å². The minimum atomic E-state index is 0.0725. The molecule has 0 radical (unpaired) electrons. The summed E-state index contributed by atoms with van der Waals surface area (Å²) in [7, 11) is 0. The molecular formula is C14H16ClN3O2. The number of hydrogen-bond acceptors (Lipinski definition) is 5. The van der Waals surface area contributed by atoms with Crippen LogP contribution in [-0.4, -0.2) is 39.9 Å². The van der Waals surface area contributed by atoms with Crippen LogP contribution in [0, 0.1) is 0 Å². The van der Waals surface area contributed by atoms with Crippen LogP contribution in [0.2, 0.25) is 5.02 Å². The topological polar surface area (TPSA) is 62.4 Å². The lowest BCUT2D eigenvalue weighted by atomic mass is 10.2. The van der Waals surface area contributed by atoms with E-state index in [4.69, 9.17) is 21.1 Å². The Morgan fingerprint density at radius 1 is 1.40 bits per heavy atom. The second kappa shape index (κ2) is 7.19. The Morgan fingerprint density at radius 2 is 2.25 bits per heavy atom. The molecule has 0 amide bonds. The lowest BCUT2D eigenvalue weighted by molar-refractivity contribution is 0.192. The molecule has 0 unspecified atom stereocenters. The summed E-state index contributed by atoms with van der Waals surface area (Å²) in [4.78, 5) is 1.96. The van der Waals surface area contributed by atoms with Crippen LogP contribution in [0.25, 0.3) is 11.5 Å². The Kier molecular flexibility index (Phi) is 5.29. The molecule has 20 heavy (non-hydrogen) atoms. The fourth-order valence-electron chi connectivity index (χ4n) is 1.81. The lowest BCUT2D eigenvalue weighted by Crippen LogP contribution is -2.26. The number of benzene rings is 1. The van der Waals surface area contributed by atoms with Gasteiger partial charge in [0.05, 0.1) is 13.2 Å². The summed E-state index contributed by atoms with van der Waals surface area (Å²) in [6.07, 6.45) is 1.77. The average Bonchev–Trinajstić information content (AvgIpc) is 2.88. The smallest absolute Gasteiger partial charge is 0.247 e. The second-order valence-corrected chi connectivity index (χ2v) is 4.70. The van der Waals surface area contributed by atoms with Crippen molar-refractivity contribution in [3.63, 3.8) is 0 Å². The summed E-state index contributed by atoms with van der Waals surface area (Å²) in [5.41, 5.74) is 0.786. The first-order chi connectivity index (χ1) is 9.72. The van der Waals surface area contributed by atoms with Crippen LogP contribution in [0.3, 0.4) is 0 Å². The Morgan fingerprint density at radius 3 is 2.95 bits per heavy atom. The molecule has 1 heterocycles. The molecule has 0 aliphatic carbocycles. The van der Waals surface area contributed by atoms with E-state index in [0.29, 0.717) is 36.4 Å². The molecule has 0 atom stereocenters. The van der Waals surface area contributed by atoms with Crippen molar-refractivity contribution in [3.05, 3.63) is 47.8 Å². The molecule has 0 bridgehead atoms. The van der Waals surface area contributed by atoms with E-state index in [2.05, 4.69) is 16.8 Å². The van der Waals surface area contributed by atoms with Crippen molar-refractivity contribution in [2.75, 3.05) is 19.7 Å². The number of aliphatic hydroxyl groups excluding tert-OH is 1. The third kappa shape index (κ3) is 3.90. The van der Waals surface area contributed by atoms with Crippen LogP contribution in [-0.2, 0) is 6.54 Å². The number of rotatable bonds is 7. The Labute approximate surface area is 122 Å². The fourth-order valence-corrected chi connectivity index (χ4v) is 2.00. The number of hydrogen-bond donors (Lipinski definition) is 1. The zero-order chi connectivity index (χ0) is 14.4. The van der Waals surface area contributed by atoms with Gasteiger partial charge in [0, 0.05) is 23.7 Å². The molecule has 2 rings (SSSR count). The molecular weight excluding hydrogens is 278 g/mol. The molecule has 0 spiro atoms. The molecule has 6 heteroatoms.